The van der Waals surface area contributed by atoms with Gasteiger partial charge in [-0.15, -0.1) is 0 Å². The van der Waals surface area contributed by atoms with Crippen molar-refractivity contribution >= 4 is 0 Å². The Bertz CT molecular complexity index is 192. The fraction of sp³-hybridized carbons (Fsp3) is 1.00. The second kappa shape index (κ2) is 5.28. The van der Waals surface area contributed by atoms with Gasteiger partial charge >= 0.3 is 0 Å². The Morgan fingerprint density at radius 2 is 2.13 bits per heavy atom. The highest BCUT2D eigenvalue weighted by Gasteiger charge is 2.34. The Morgan fingerprint density at radius 1 is 1.40 bits per heavy atom. The molecule has 2 rings (SSSR count). The van der Waals surface area contributed by atoms with Crippen LogP contribution in [0.15, 0.2) is 0 Å². The molecule has 1 aliphatic carbocycles. The monoisotopic (exact) mass is 212 g/mol. The molecule has 1 aliphatic heterocycles. The molecule has 88 valence electrons. The quantitative estimate of drug-likeness (QED) is 0.684. The summed E-state index contributed by atoms with van der Waals surface area (Å²) in [6.07, 6.45) is 5.02. The number of hydrogen-bond donors (Lipinski definition) is 2. The maximum absolute atomic E-state index is 9.84. The van der Waals surface area contributed by atoms with Crippen molar-refractivity contribution in [2.24, 2.45) is 5.92 Å². The normalized spacial score (nSPS) is 33.2. The molecule has 0 aromatic heterocycles. The summed E-state index contributed by atoms with van der Waals surface area (Å²) in [4.78, 5) is 2.37. The van der Waals surface area contributed by atoms with E-state index in [1.54, 1.807) is 0 Å². The van der Waals surface area contributed by atoms with Gasteiger partial charge in [0.15, 0.2) is 0 Å². The molecular weight excluding hydrogens is 188 g/mol. The van der Waals surface area contributed by atoms with E-state index in [1.807, 2.05) is 0 Å². The summed E-state index contributed by atoms with van der Waals surface area (Å²) < 4.78 is 0. The minimum absolute atomic E-state index is 0.179. The molecule has 2 aliphatic rings. The Balaban J connectivity index is 1.54. The molecule has 0 amide bonds. The summed E-state index contributed by atoms with van der Waals surface area (Å²) in [6.45, 7) is 6.23. The zero-order valence-corrected chi connectivity index (χ0v) is 9.78. The van der Waals surface area contributed by atoms with Gasteiger partial charge in [0.2, 0.25) is 0 Å². The third kappa shape index (κ3) is 3.44. The fourth-order valence-electron chi connectivity index (χ4n) is 2.56. The molecule has 2 fully saturated rings. The maximum atomic E-state index is 9.84. The van der Waals surface area contributed by atoms with Crippen LogP contribution in [0.3, 0.4) is 0 Å². The smallest absolute Gasteiger partial charge is 0.0791 e. The molecule has 3 unspecified atom stereocenters. The number of aliphatic hydroxyl groups is 1. The van der Waals surface area contributed by atoms with E-state index < -0.39 is 0 Å². The van der Waals surface area contributed by atoms with Gasteiger partial charge in [0.25, 0.3) is 0 Å². The third-order valence-corrected chi connectivity index (χ3v) is 3.73. The molecule has 15 heavy (non-hydrogen) atoms. The molecule has 0 aromatic carbocycles. The van der Waals surface area contributed by atoms with Crippen molar-refractivity contribution in [1.29, 1.82) is 0 Å². The molecule has 3 atom stereocenters. The lowest BCUT2D eigenvalue weighted by Crippen LogP contribution is -2.38. The number of nitrogens with one attached hydrogen (secondary N) is 1. The Morgan fingerprint density at radius 3 is 2.73 bits per heavy atom. The van der Waals surface area contributed by atoms with E-state index in [9.17, 15) is 5.11 Å². The van der Waals surface area contributed by atoms with Crippen LogP contribution in [0.25, 0.3) is 0 Å². The Hall–Kier alpha value is -0.120. The molecule has 3 nitrogen and oxygen atoms in total. The predicted octanol–water partition coefficient (Wildman–Crippen LogP) is 0.831. The average Bonchev–Trinajstić information content (AvgIpc) is 2.82. The highest BCUT2D eigenvalue weighted by atomic mass is 16.3. The van der Waals surface area contributed by atoms with E-state index in [1.165, 1.54) is 38.8 Å². The zero-order chi connectivity index (χ0) is 10.7. The van der Waals surface area contributed by atoms with E-state index >= 15 is 0 Å². The number of β-amino-alcohol motifs (C(OH)–C–C–N with tert-alkyl or cyclic N) is 1. The summed E-state index contributed by atoms with van der Waals surface area (Å²) in [5, 5.41) is 13.3. The summed E-state index contributed by atoms with van der Waals surface area (Å²) in [6, 6.07) is 0.697. The van der Waals surface area contributed by atoms with Crippen molar-refractivity contribution in [3.05, 3.63) is 0 Å². The highest BCUT2D eigenvalue weighted by molar-refractivity contribution is 4.92. The van der Waals surface area contributed by atoms with Crippen molar-refractivity contribution in [1.82, 2.24) is 10.2 Å². The standard InChI is InChI=1S/C12H24N2O/c1-2-10-7-12(10)13-8-11(15)9-14-5-3-4-6-14/h10-13,15H,2-9H2,1H3. The van der Waals surface area contributed by atoms with Crippen molar-refractivity contribution < 1.29 is 5.11 Å². The number of hydrogen-bond acceptors (Lipinski definition) is 3. The van der Waals surface area contributed by atoms with E-state index in [2.05, 4.69) is 17.1 Å². The molecule has 0 radical (unpaired) electrons. The first-order chi connectivity index (χ1) is 7.29. The van der Waals surface area contributed by atoms with Gasteiger partial charge in [-0.2, -0.15) is 0 Å². The second-order valence-electron chi connectivity index (χ2n) is 5.08. The molecule has 1 saturated heterocycles. The van der Waals surface area contributed by atoms with E-state index in [4.69, 9.17) is 0 Å². The summed E-state index contributed by atoms with van der Waals surface area (Å²) in [7, 11) is 0. The fourth-order valence-corrected chi connectivity index (χ4v) is 2.56. The zero-order valence-electron chi connectivity index (χ0n) is 9.78. The maximum Gasteiger partial charge on any atom is 0.0791 e. The summed E-state index contributed by atoms with van der Waals surface area (Å²) >= 11 is 0. The van der Waals surface area contributed by atoms with Crippen LogP contribution in [0.2, 0.25) is 0 Å². The van der Waals surface area contributed by atoms with Crippen molar-refractivity contribution in [3.8, 4) is 0 Å². The van der Waals surface area contributed by atoms with Gasteiger partial charge in [-0.1, -0.05) is 13.3 Å². The Kier molecular flexibility index (Phi) is 4.00. The molecule has 2 N–H and O–H groups in total. The summed E-state index contributed by atoms with van der Waals surface area (Å²) in [5.41, 5.74) is 0. The highest BCUT2D eigenvalue weighted by Crippen LogP contribution is 2.32. The van der Waals surface area contributed by atoms with Gasteiger partial charge in [0.1, 0.15) is 0 Å². The van der Waals surface area contributed by atoms with Crippen LogP contribution in [-0.2, 0) is 0 Å². The van der Waals surface area contributed by atoms with Crippen molar-refractivity contribution in [2.45, 2.75) is 44.8 Å². The molecule has 1 saturated carbocycles. The lowest BCUT2D eigenvalue weighted by molar-refractivity contribution is 0.123. The first-order valence-corrected chi connectivity index (χ1v) is 6.43. The molecule has 0 spiro atoms. The number of nitrogens with zero attached hydrogens (tertiary/aromatic N) is 1. The first kappa shape index (κ1) is 11.4. The van der Waals surface area contributed by atoms with Crippen LogP contribution in [0.4, 0.5) is 0 Å². The lowest BCUT2D eigenvalue weighted by atomic mass is 10.3. The van der Waals surface area contributed by atoms with Crippen LogP contribution in [0.5, 0.6) is 0 Å². The largest absolute Gasteiger partial charge is 0.390 e. The van der Waals surface area contributed by atoms with Crippen LogP contribution in [0.1, 0.15) is 32.6 Å². The number of likely N-dealkylation sites (tertiary alicyclic amines) is 1. The predicted molar refractivity (Wildman–Crippen MR) is 61.9 cm³/mol. The van der Waals surface area contributed by atoms with Crippen LogP contribution in [0, 0.1) is 5.92 Å². The minimum Gasteiger partial charge on any atom is -0.390 e. The molecule has 0 aromatic rings. The molecule has 1 heterocycles. The van der Waals surface area contributed by atoms with Gasteiger partial charge in [0.05, 0.1) is 6.10 Å². The summed E-state index contributed by atoms with van der Waals surface area (Å²) in [5.74, 6) is 0.879. The van der Waals surface area contributed by atoms with Gasteiger partial charge in [-0.3, -0.25) is 0 Å². The molecular formula is C12H24N2O. The number of aliphatic hydroxyl groups excluding tert-OH is 1. The number of rotatable bonds is 6. The van der Waals surface area contributed by atoms with Crippen molar-refractivity contribution in [2.75, 3.05) is 26.2 Å². The van der Waals surface area contributed by atoms with Gasteiger partial charge in [-0.25, -0.2) is 0 Å². The van der Waals surface area contributed by atoms with Gasteiger partial charge in [0, 0.05) is 19.1 Å². The van der Waals surface area contributed by atoms with Crippen molar-refractivity contribution in [3.63, 3.8) is 0 Å². The van der Waals surface area contributed by atoms with Crippen LogP contribution < -0.4 is 5.32 Å². The second-order valence-corrected chi connectivity index (χ2v) is 5.08. The van der Waals surface area contributed by atoms with Gasteiger partial charge < -0.3 is 15.3 Å². The first-order valence-electron chi connectivity index (χ1n) is 6.43. The lowest BCUT2D eigenvalue weighted by Gasteiger charge is -2.19. The van der Waals surface area contributed by atoms with E-state index in [0.29, 0.717) is 6.04 Å². The SMILES string of the molecule is CCC1CC1NCC(O)CN1CCCC1. The topological polar surface area (TPSA) is 35.5 Å². The average molecular weight is 212 g/mol. The third-order valence-electron chi connectivity index (χ3n) is 3.73. The molecule has 0 bridgehead atoms. The minimum atomic E-state index is -0.179. The van der Waals surface area contributed by atoms with Crippen LogP contribution >= 0.6 is 0 Å². The molecule has 3 heteroatoms. The van der Waals surface area contributed by atoms with E-state index in [-0.39, 0.29) is 6.10 Å². The van der Waals surface area contributed by atoms with E-state index in [0.717, 1.165) is 19.0 Å². The Labute approximate surface area is 92.8 Å². The van der Waals surface area contributed by atoms with Crippen LogP contribution in [-0.4, -0.2) is 48.3 Å². The van der Waals surface area contributed by atoms with Gasteiger partial charge in [-0.05, 0) is 38.3 Å².